The van der Waals surface area contributed by atoms with Crippen molar-refractivity contribution in [2.75, 3.05) is 0 Å². The Morgan fingerprint density at radius 3 is 2.54 bits per heavy atom. The van der Waals surface area contributed by atoms with Crippen LogP contribution in [-0.2, 0) is 0 Å². The summed E-state index contributed by atoms with van der Waals surface area (Å²) < 4.78 is 1.99. The molecular formula is C19H13N3O2. The molecule has 0 saturated heterocycles. The standard InChI is InChI=1S/C19H13N3O2/c23-19(24)14-8-9-17-16(11-14)21-18(13-5-2-1-3-6-13)22(17)15-7-4-10-20-12-15/h1-12H,(H,23,24). The molecule has 4 aromatic rings. The van der Waals surface area contributed by atoms with E-state index in [4.69, 9.17) is 0 Å². The van der Waals surface area contributed by atoms with E-state index in [0.717, 1.165) is 22.6 Å². The molecule has 2 heterocycles. The highest BCUT2D eigenvalue weighted by Crippen LogP contribution is 2.28. The summed E-state index contributed by atoms with van der Waals surface area (Å²) in [5.41, 5.74) is 3.53. The molecule has 0 unspecified atom stereocenters. The largest absolute Gasteiger partial charge is 0.478 e. The number of aromatic nitrogens is 3. The number of carboxylic acids is 1. The second-order valence-corrected chi connectivity index (χ2v) is 5.36. The molecule has 0 aliphatic carbocycles. The van der Waals surface area contributed by atoms with Gasteiger partial charge in [-0.2, -0.15) is 0 Å². The Morgan fingerprint density at radius 2 is 1.83 bits per heavy atom. The SMILES string of the molecule is O=C(O)c1ccc2c(c1)nc(-c1ccccc1)n2-c1cccnc1. The van der Waals surface area contributed by atoms with E-state index in [9.17, 15) is 9.90 Å². The Balaban J connectivity index is 2.04. The molecule has 2 aromatic heterocycles. The number of carboxylic acid groups (broad SMARTS) is 1. The van der Waals surface area contributed by atoms with Gasteiger partial charge in [-0.05, 0) is 30.3 Å². The predicted molar refractivity (Wildman–Crippen MR) is 91.3 cm³/mol. The summed E-state index contributed by atoms with van der Waals surface area (Å²) in [6, 6.07) is 18.6. The number of benzene rings is 2. The zero-order valence-corrected chi connectivity index (χ0v) is 12.6. The van der Waals surface area contributed by atoms with E-state index in [-0.39, 0.29) is 5.56 Å². The van der Waals surface area contributed by atoms with Crippen LogP contribution in [-0.4, -0.2) is 25.6 Å². The van der Waals surface area contributed by atoms with Gasteiger partial charge >= 0.3 is 5.97 Å². The van der Waals surface area contributed by atoms with Gasteiger partial charge in [-0.1, -0.05) is 30.3 Å². The summed E-state index contributed by atoms with van der Waals surface area (Å²) in [6.45, 7) is 0. The molecule has 0 aliphatic heterocycles. The van der Waals surface area contributed by atoms with Crippen LogP contribution in [0.25, 0.3) is 28.1 Å². The second-order valence-electron chi connectivity index (χ2n) is 5.36. The van der Waals surface area contributed by atoms with Crippen molar-refractivity contribution in [2.24, 2.45) is 0 Å². The number of fused-ring (bicyclic) bond motifs is 1. The average Bonchev–Trinajstić information content (AvgIpc) is 3.01. The number of pyridine rings is 1. The van der Waals surface area contributed by atoms with Crippen molar-refractivity contribution in [2.45, 2.75) is 0 Å². The Hall–Kier alpha value is -3.47. The fourth-order valence-electron chi connectivity index (χ4n) is 2.74. The summed E-state index contributed by atoms with van der Waals surface area (Å²) in [6.07, 6.45) is 3.48. The van der Waals surface area contributed by atoms with Gasteiger partial charge in [0.05, 0.1) is 28.5 Å². The number of nitrogens with zero attached hydrogens (tertiary/aromatic N) is 3. The van der Waals surface area contributed by atoms with E-state index in [1.54, 1.807) is 30.6 Å². The minimum atomic E-state index is -0.964. The first-order chi connectivity index (χ1) is 11.7. The molecule has 2 aromatic carbocycles. The number of hydrogen-bond donors (Lipinski definition) is 1. The van der Waals surface area contributed by atoms with E-state index in [2.05, 4.69) is 9.97 Å². The van der Waals surface area contributed by atoms with Gasteiger partial charge in [0.2, 0.25) is 0 Å². The van der Waals surface area contributed by atoms with Crippen molar-refractivity contribution >= 4 is 17.0 Å². The third-order valence-corrected chi connectivity index (χ3v) is 3.84. The average molecular weight is 315 g/mol. The van der Waals surface area contributed by atoms with Crippen molar-refractivity contribution in [3.05, 3.63) is 78.6 Å². The van der Waals surface area contributed by atoms with Gasteiger partial charge < -0.3 is 5.11 Å². The molecule has 24 heavy (non-hydrogen) atoms. The molecule has 0 bridgehead atoms. The van der Waals surface area contributed by atoms with Crippen molar-refractivity contribution in [3.8, 4) is 17.1 Å². The maximum absolute atomic E-state index is 11.2. The lowest BCUT2D eigenvalue weighted by molar-refractivity contribution is 0.0697. The highest BCUT2D eigenvalue weighted by Gasteiger charge is 2.15. The molecule has 1 N–H and O–H groups in total. The Labute approximate surface area is 137 Å². The van der Waals surface area contributed by atoms with Gasteiger partial charge in [0.15, 0.2) is 0 Å². The van der Waals surface area contributed by atoms with E-state index >= 15 is 0 Å². The molecule has 0 atom stereocenters. The van der Waals surface area contributed by atoms with Gasteiger partial charge in [-0.25, -0.2) is 9.78 Å². The van der Waals surface area contributed by atoms with Crippen molar-refractivity contribution in [1.29, 1.82) is 0 Å². The number of carbonyl (C=O) groups is 1. The first kappa shape index (κ1) is 14.1. The topological polar surface area (TPSA) is 68.0 Å². The normalized spacial score (nSPS) is 10.8. The highest BCUT2D eigenvalue weighted by molar-refractivity contribution is 5.93. The molecular weight excluding hydrogens is 302 g/mol. The Kier molecular flexibility index (Phi) is 3.31. The van der Waals surface area contributed by atoms with Crippen LogP contribution in [0.3, 0.4) is 0 Å². The molecule has 0 aliphatic rings. The fourth-order valence-corrected chi connectivity index (χ4v) is 2.74. The molecule has 0 saturated carbocycles. The zero-order chi connectivity index (χ0) is 16.5. The molecule has 116 valence electrons. The molecule has 0 spiro atoms. The third-order valence-electron chi connectivity index (χ3n) is 3.84. The Morgan fingerprint density at radius 1 is 1.00 bits per heavy atom. The molecule has 0 fully saturated rings. The second kappa shape index (κ2) is 5.62. The van der Waals surface area contributed by atoms with Crippen LogP contribution in [0.2, 0.25) is 0 Å². The van der Waals surface area contributed by atoms with Crippen molar-refractivity contribution in [3.63, 3.8) is 0 Å². The van der Waals surface area contributed by atoms with Gasteiger partial charge in [-0.3, -0.25) is 9.55 Å². The summed E-state index contributed by atoms with van der Waals surface area (Å²) >= 11 is 0. The van der Waals surface area contributed by atoms with E-state index < -0.39 is 5.97 Å². The van der Waals surface area contributed by atoms with Crippen molar-refractivity contribution in [1.82, 2.24) is 14.5 Å². The summed E-state index contributed by atoms with van der Waals surface area (Å²) in [5, 5.41) is 9.21. The zero-order valence-electron chi connectivity index (χ0n) is 12.6. The monoisotopic (exact) mass is 315 g/mol. The fraction of sp³-hybridized carbons (Fsp3) is 0. The van der Waals surface area contributed by atoms with Crippen molar-refractivity contribution < 1.29 is 9.90 Å². The quantitative estimate of drug-likeness (QED) is 0.624. The molecule has 5 nitrogen and oxygen atoms in total. The minimum absolute atomic E-state index is 0.220. The van der Waals surface area contributed by atoms with Gasteiger partial charge in [0.25, 0.3) is 0 Å². The Bertz CT molecular complexity index is 1020. The highest BCUT2D eigenvalue weighted by atomic mass is 16.4. The van der Waals surface area contributed by atoms with Crippen LogP contribution in [0, 0.1) is 0 Å². The predicted octanol–water partition coefficient (Wildman–Crippen LogP) is 3.79. The maximum Gasteiger partial charge on any atom is 0.335 e. The lowest BCUT2D eigenvalue weighted by atomic mass is 10.2. The molecule has 0 radical (unpaired) electrons. The van der Waals surface area contributed by atoms with Crippen LogP contribution in [0.1, 0.15) is 10.4 Å². The van der Waals surface area contributed by atoms with Gasteiger partial charge in [0.1, 0.15) is 5.82 Å². The molecule has 5 heteroatoms. The van der Waals surface area contributed by atoms with E-state index in [1.165, 1.54) is 0 Å². The van der Waals surface area contributed by atoms with Gasteiger partial charge in [-0.15, -0.1) is 0 Å². The van der Waals surface area contributed by atoms with Crippen LogP contribution in [0.4, 0.5) is 0 Å². The van der Waals surface area contributed by atoms with E-state index in [0.29, 0.717) is 5.52 Å². The summed E-state index contributed by atoms with van der Waals surface area (Å²) in [4.78, 5) is 20.1. The molecule has 0 amide bonds. The molecule has 4 rings (SSSR count). The smallest absolute Gasteiger partial charge is 0.335 e. The van der Waals surface area contributed by atoms with Crippen LogP contribution in [0.15, 0.2) is 73.1 Å². The van der Waals surface area contributed by atoms with Gasteiger partial charge in [0, 0.05) is 11.8 Å². The number of hydrogen-bond acceptors (Lipinski definition) is 3. The summed E-state index contributed by atoms with van der Waals surface area (Å²) in [7, 11) is 0. The number of imidazole rings is 1. The van der Waals surface area contributed by atoms with Crippen LogP contribution < -0.4 is 0 Å². The van der Waals surface area contributed by atoms with Crippen LogP contribution in [0.5, 0.6) is 0 Å². The lowest BCUT2D eigenvalue weighted by Crippen LogP contribution is -1.98. The number of aromatic carboxylic acids is 1. The number of rotatable bonds is 3. The maximum atomic E-state index is 11.2. The van der Waals surface area contributed by atoms with E-state index in [1.807, 2.05) is 47.0 Å². The first-order valence-corrected chi connectivity index (χ1v) is 7.45. The minimum Gasteiger partial charge on any atom is -0.478 e. The summed E-state index contributed by atoms with van der Waals surface area (Å²) in [5.74, 6) is -0.213. The third kappa shape index (κ3) is 2.32. The lowest BCUT2D eigenvalue weighted by Gasteiger charge is -2.08. The van der Waals surface area contributed by atoms with Crippen LogP contribution >= 0.6 is 0 Å². The first-order valence-electron chi connectivity index (χ1n) is 7.45.